The predicted molar refractivity (Wildman–Crippen MR) is 110 cm³/mol. The second-order valence-electron chi connectivity index (χ2n) is 6.89. The van der Waals surface area contributed by atoms with Gasteiger partial charge in [0.25, 0.3) is 5.91 Å². The number of hydrogen-bond donors (Lipinski definition) is 1. The van der Waals surface area contributed by atoms with Crippen LogP contribution in [0.4, 0.5) is 5.82 Å². The number of nitrogens with one attached hydrogen (secondary N) is 1. The van der Waals surface area contributed by atoms with Gasteiger partial charge in [-0.05, 0) is 24.7 Å². The highest BCUT2D eigenvalue weighted by atomic mass is 16.5. The number of aromatic nitrogens is 2. The highest BCUT2D eigenvalue weighted by Gasteiger charge is 2.26. The maximum absolute atomic E-state index is 13.0. The third-order valence-electron chi connectivity index (χ3n) is 5.04. The van der Waals surface area contributed by atoms with E-state index < -0.39 is 11.9 Å². The molecule has 0 spiro atoms. The lowest BCUT2D eigenvalue weighted by Crippen LogP contribution is -2.32. The average Bonchev–Trinajstić information content (AvgIpc) is 2.76. The molecule has 1 amide bonds. The number of esters is 1. The van der Waals surface area contributed by atoms with Crippen molar-refractivity contribution in [3.8, 4) is 0 Å². The quantitative estimate of drug-likeness (QED) is 0.675. The Labute approximate surface area is 168 Å². The van der Waals surface area contributed by atoms with E-state index in [0.29, 0.717) is 17.9 Å². The smallest absolute Gasteiger partial charge is 0.339 e. The summed E-state index contributed by atoms with van der Waals surface area (Å²) in [5.74, 6) is -0.521. The minimum Gasteiger partial charge on any atom is -0.452 e. The predicted octanol–water partition coefficient (Wildman–Crippen LogP) is 2.80. The molecular weight excluding hydrogens is 368 g/mol. The third kappa shape index (κ3) is 4.09. The van der Waals surface area contributed by atoms with Crippen LogP contribution >= 0.6 is 0 Å². The summed E-state index contributed by atoms with van der Waals surface area (Å²) >= 11 is 0. The molecule has 1 aliphatic rings. The molecule has 0 saturated carbocycles. The van der Waals surface area contributed by atoms with Crippen LogP contribution in [0, 0.1) is 0 Å². The summed E-state index contributed by atoms with van der Waals surface area (Å²) in [6.07, 6.45) is 2.37. The van der Waals surface area contributed by atoms with Crippen molar-refractivity contribution in [2.75, 3.05) is 25.0 Å². The first-order chi connectivity index (χ1) is 14.2. The maximum Gasteiger partial charge on any atom is 0.339 e. The fourth-order valence-corrected chi connectivity index (χ4v) is 3.57. The molecule has 0 radical (unpaired) electrons. The minimum absolute atomic E-state index is 0.377. The molecule has 0 unspecified atom stereocenters. The van der Waals surface area contributed by atoms with Crippen LogP contribution in [0.25, 0.3) is 10.9 Å². The van der Waals surface area contributed by atoms with E-state index in [1.54, 1.807) is 24.4 Å². The van der Waals surface area contributed by atoms with Gasteiger partial charge in [-0.3, -0.25) is 14.7 Å². The number of likely N-dealkylation sites (N-methyl/N-ethyl adjacent to an activating group) is 1. The Morgan fingerprint density at radius 1 is 1.17 bits per heavy atom. The number of amides is 1. The summed E-state index contributed by atoms with van der Waals surface area (Å²) in [5.41, 5.74) is 3.10. The first-order valence-corrected chi connectivity index (χ1v) is 9.66. The standard InChI is InChI=1S/C22H22N4O3/c1-2-26-12-10-18-16(13-26)21(15-7-3-4-8-17(15)24-18)22(28)29-14-20(27)25-19-9-5-6-11-23-19/h3-9,11H,2,10,12-14H2,1H3,(H,23,25,27). The van der Waals surface area contributed by atoms with Crippen LogP contribution in [-0.4, -0.2) is 46.4 Å². The number of anilines is 1. The molecule has 1 aromatic carbocycles. The van der Waals surface area contributed by atoms with E-state index in [4.69, 9.17) is 9.72 Å². The molecule has 0 bridgehead atoms. The van der Waals surface area contributed by atoms with Crippen molar-refractivity contribution in [3.05, 3.63) is 65.5 Å². The van der Waals surface area contributed by atoms with E-state index in [1.807, 2.05) is 24.3 Å². The Morgan fingerprint density at radius 2 is 2.00 bits per heavy atom. The number of carbonyl (C=O) groups is 2. The van der Waals surface area contributed by atoms with Gasteiger partial charge in [-0.15, -0.1) is 0 Å². The van der Waals surface area contributed by atoms with Gasteiger partial charge in [0.15, 0.2) is 6.61 Å². The van der Waals surface area contributed by atoms with Crippen molar-refractivity contribution in [2.45, 2.75) is 19.9 Å². The molecule has 1 aliphatic heterocycles. The molecule has 7 heteroatoms. The number of carbonyl (C=O) groups excluding carboxylic acids is 2. The van der Waals surface area contributed by atoms with E-state index in [1.165, 1.54) is 0 Å². The van der Waals surface area contributed by atoms with Gasteiger partial charge < -0.3 is 10.1 Å². The number of hydrogen-bond acceptors (Lipinski definition) is 6. The van der Waals surface area contributed by atoms with Crippen LogP contribution in [-0.2, 0) is 22.5 Å². The molecule has 7 nitrogen and oxygen atoms in total. The van der Waals surface area contributed by atoms with Gasteiger partial charge in [-0.2, -0.15) is 0 Å². The summed E-state index contributed by atoms with van der Waals surface area (Å²) in [5, 5.41) is 3.37. The van der Waals surface area contributed by atoms with E-state index in [0.717, 1.165) is 41.7 Å². The molecule has 0 atom stereocenters. The zero-order valence-corrected chi connectivity index (χ0v) is 16.2. The van der Waals surface area contributed by atoms with Crippen LogP contribution in [0.5, 0.6) is 0 Å². The van der Waals surface area contributed by atoms with Crippen molar-refractivity contribution < 1.29 is 14.3 Å². The Kier molecular flexibility index (Phi) is 5.48. The van der Waals surface area contributed by atoms with E-state index in [-0.39, 0.29) is 6.61 Å². The minimum atomic E-state index is -0.506. The SMILES string of the molecule is CCN1CCc2nc3ccccc3c(C(=O)OCC(=O)Nc3ccccn3)c2C1. The number of para-hydroxylation sites is 1. The molecular formula is C22H22N4O3. The highest BCUT2D eigenvalue weighted by molar-refractivity contribution is 6.06. The van der Waals surface area contributed by atoms with Gasteiger partial charge in [0.1, 0.15) is 5.82 Å². The molecule has 0 saturated heterocycles. The number of pyridine rings is 2. The fourth-order valence-electron chi connectivity index (χ4n) is 3.57. The molecule has 4 rings (SSSR count). The lowest BCUT2D eigenvalue weighted by molar-refractivity contribution is -0.119. The second kappa shape index (κ2) is 8.36. The summed E-state index contributed by atoms with van der Waals surface area (Å²) in [4.78, 5) is 36.2. The van der Waals surface area contributed by atoms with Crippen LogP contribution < -0.4 is 5.32 Å². The van der Waals surface area contributed by atoms with Crippen LogP contribution in [0.1, 0.15) is 28.5 Å². The molecule has 0 fully saturated rings. The first kappa shape index (κ1) is 19.0. The van der Waals surface area contributed by atoms with E-state index >= 15 is 0 Å². The highest BCUT2D eigenvalue weighted by Crippen LogP contribution is 2.28. The topological polar surface area (TPSA) is 84.4 Å². The van der Waals surface area contributed by atoms with Crippen molar-refractivity contribution in [2.24, 2.45) is 0 Å². The second-order valence-corrected chi connectivity index (χ2v) is 6.89. The lowest BCUT2D eigenvalue weighted by atomic mass is 9.96. The normalized spacial score (nSPS) is 13.7. The molecule has 0 aliphatic carbocycles. The van der Waals surface area contributed by atoms with Crippen molar-refractivity contribution in [1.29, 1.82) is 0 Å². The number of nitrogens with zero attached hydrogens (tertiary/aromatic N) is 3. The van der Waals surface area contributed by atoms with Crippen molar-refractivity contribution in [3.63, 3.8) is 0 Å². The van der Waals surface area contributed by atoms with Crippen molar-refractivity contribution in [1.82, 2.24) is 14.9 Å². The van der Waals surface area contributed by atoms with Crippen LogP contribution in [0.2, 0.25) is 0 Å². The first-order valence-electron chi connectivity index (χ1n) is 9.66. The summed E-state index contributed by atoms with van der Waals surface area (Å²) < 4.78 is 5.38. The Balaban J connectivity index is 1.59. The molecule has 148 valence electrons. The summed E-state index contributed by atoms with van der Waals surface area (Å²) in [7, 11) is 0. The van der Waals surface area contributed by atoms with Gasteiger partial charge in [0.05, 0.1) is 11.1 Å². The number of rotatable bonds is 5. The monoisotopic (exact) mass is 390 g/mol. The zero-order chi connectivity index (χ0) is 20.2. The molecule has 29 heavy (non-hydrogen) atoms. The Morgan fingerprint density at radius 3 is 2.79 bits per heavy atom. The van der Waals surface area contributed by atoms with Gasteiger partial charge in [-0.1, -0.05) is 31.2 Å². The van der Waals surface area contributed by atoms with Gasteiger partial charge in [-0.25, -0.2) is 9.78 Å². The van der Waals surface area contributed by atoms with Gasteiger partial charge >= 0.3 is 5.97 Å². The van der Waals surface area contributed by atoms with Crippen LogP contribution in [0.15, 0.2) is 48.7 Å². The van der Waals surface area contributed by atoms with Crippen molar-refractivity contribution >= 4 is 28.6 Å². The summed E-state index contributed by atoms with van der Waals surface area (Å²) in [6, 6.07) is 12.7. The third-order valence-corrected chi connectivity index (χ3v) is 5.04. The lowest BCUT2D eigenvalue weighted by Gasteiger charge is -2.28. The molecule has 2 aromatic heterocycles. The molecule has 1 N–H and O–H groups in total. The van der Waals surface area contributed by atoms with E-state index in [9.17, 15) is 9.59 Å². The zero-order valence-electron chi connectivity index (χ0n) is 16.2. The maximum atomic E-state index is 13.0. The number of benzene rings is 1. The molecule has 3 heterocycles. The van der Waals surface area contributed by atoms with Gasteiger partial charge in [0, 0.05) is 42.4 Å². The molecule has 3 aromatic rings. The number of fused-ring (bicyclic) bond motifs is 2. The Bertz CT molecular complexity index is 1050. The average molecular weight is 390 g/mol. The fraction of sp³-hybridized carbons (Fsp3) is 0.273. The van der Waals surface area contributed by atoms with E-state index in [2.05, 4.69) is 22.1 Å². The largest absolute Gasteiger partial charge is 0.452 e. The van der Waals surface area contributed by atoms with Crippen LogP contribution in [0.3, 0.4) is 0 Å². The van der Waals surface area contributed by atoms with Gasteiger partial charge in [0.2, 0.25) is 0 Å². The number of ether oxygens (including phenoxy) is 1. The summed E-state index contributed by atoms with van der Waals surface area (Å²) in [6.45, 7) is 4.18. The Hall–Kier alpha value is -3.32.